The van der Waals surface area contributed by atoms with Gasteiger partial charge in [-0.1, -0.05) is 36.0 Å². The van der Waals surface area contributed by atoms with Gasteiger partial charge < -0.3 is 15.2 Å². The van der Waals surface area contributed by atoms with E-state index in [0.717, 1.165) is 5.56 Å². The lowest BCUT2D eigenvalue weighted by Crippen LogP contribution is -2.11. The molecule has 0 spiro atoms. The van der Waals surface area contributed by atoms with Gasteiger partial charge >= 0.3 is 0 Å². The summed E-state index contributed by atoms with van der Waals surface area (Å²) in [7, 11) is 0. The van der Waals surface area contributed by atoms with E-state index in [1.54, 1.807) is 12.1 Å². The van der Waals surface area contributed by atoms with Crippen LogP contribution in [0.25, 0.3) is 0 Å². The lowest BCUT2D eigenvalue weighted by Gasteiger charge is -2.09. The van der Waals surface area contributed by atoms with Gasteiger partial charge in [0, 0.05) is 11.6 Å². The molecule has 0 saturated carbocycles. The summed E-state index contributed by atoms with van der Waals surface area (Å²) >= 11 is 10.6. The fraction of sp³-hybridized carbons (Fsp3) is 0.133. The molecule has 0 heterocycles. The summed E-state index contributed by atoms with van der Waals surface area (Å²) in [5.74, 6) is 0.665. The lowest BCUT2D eigenvalue weighted by molar-refractivity contribution is 0.217. The number of benzene rings is 2. The predicted molar refractivity (Wildman–Crippen MR) is 84.7 cm³/mol. The van der Waals surface area contributed by atoms with Gasteiger partial charge in [-0.15, -0.1) is 0 Å². The minimum absolute atomic E-state index is 0.0255. The van der Waals surface area contributed by atoms with Gasteiger partial charge in [-0.05, 0) is 24.3 Å². The number of hydrogen-bond acceptors (Lipinski definition) is 3. The summed E-state index contributed by atoms with van der Waals surface area (Å²) < 4.78 is 23.9. The van der Waals surface area contributed by atoms with E-state index in [0.29, 0.717) is 29.7 Å². The first-order valence-corrected chi connectivity index (χ1v) is 6.95. The Hall–Kier alpha value is -1.85. The molecule has 2 rings (SSSR count). The average molecular weight is 326 g/mol. The van der Waals surface area contributed by atoms with E-state index in [1.807, 2.05) is 12.1 Å². The summed E-state index contributed by atoms with van der Waals surface area (Å²) in [6, 6.07) is 11.4. The third-order valence-corrected chi connectivity index (χ3v) is 3.16. The first kappa shape index (κ1) is 15.5. The Morgan fingerprint density at radius 2 is 1.76 bits per heavy atom. The first-order valence-electron chi connectivity index (χ1n) is 6.17. The molecule has 2 aromatic rings. The van der Waals surface area contributed by atoms with E-state index in [2.05, 4.69) is 0 Å². The zero-order chi connectivity index (χ0) is 15.2. The van der Waals surface area contributed by atoms with E-state index in [1.165, 1.54) is 18.2 Å². The van der Waals surface area contributed by atoms with Gasteiger partial charge in [-0.2, -0.15) is 0 Å². The molecule has 2 aromatic carbocycles. The summed E-state index contributed by atoms with van der Waals surface area (Å²) in [5.41, 5.74) is 6.29. The van der Waals surface area contributed by atoms with Gasteiger partial charge in [-0.3, -0.25) is 0 Å². The van der Waals surface area contributed by atoms with Crippen LogP contribution in [-0.2, 0) is 0 Å². The van der Waals surface area contributed by atoms with Crippen molar-refractivity contribution in [3.63, 3.8) is 0 Å². The predicted octanol–water partition coefficient (Wildman–Crippen LogP) is 3.57. The highest BCUT2D eigenvalue weighted by molar-refractivity contribution is 7.80. The average Bonchev–Trinajstić information content (AvgIpc) is 2.47. The molecule has 6 heteroatoms. The highest BCUT2D eigenvalue weighted by Gasteiger charge is 2.02. The van der Waals surface area contributed by atoms with Crippen molar-refractivity contribution < 1.29 is 13.9 Å². The minimum atomic E-state index is -0.477. The lowest BCUT2D eigenvalue weighted by atomic mass is 10.2. The summed E-state index contributed by atoms with van der Waals surface area (Å²) in [6.45, 7) is 0.634. The normalized spacial score (nSPS) is 10.2. The van der Waals surface area contributed by atoms with Crippen molar-refractivity contribution in [2.24, 2.45) is 5.73 Å². The monoisotopic (exact) mass is 325 g/mol. The fourth-order valence-electron chi connectivity index (χ4n) is 1.62. The van der Waals surface area contributed by atoms with Gasteiger partial charge in [0.25, 0.3) is 0 Å². The zero-order valence-corrected chi connectivity index (χ0v) is 12.6. The van der Waals surface area contributed by atoms with Crippen LogP contribution < -0.4 is 15.2 Å². The second-order valence-electron chi connectivity index (χ2n) is 4.16. The number of thiocarbonyl (C=S) groups is 1. The Morgan fingerprint density at radius 3 is 2.38 bits per heavy atom. The van der Waals surface area contributed by atoms with Crippen LogP contribution in [-0.4, -0.2) is 18.2 Å². The van der Waals surface area contributed by atoms with Gasteiger partial charge in [0.2, 0.25) is 0 Å². The number of hydrogen-bond donors (Lipinski definition) is 1. The molecule has 0 unspecified atom stereocenters. The maximum atomic E-state index is 13.0. The highest BCUT2D eigenvalue weighted by atomic mass is 35.5. The molecule has 0 aromatic heterocycles. The van der Waals surface area contributed by atoms with Crippen molar-refractivity contribution >= 4 is 28.8 Å². The van der Waals surface area contributed by atoms with Crippen molar-refractivity contribution in [2.45, 2.75) is 0 Å². The van der Waals surface area contributed by atoms with Crippen molar-refractivity contribution in [3.05, 3.63) is 58.9 Å². The third-order valence-electron chi connectivity index (χ3n) is 2.63. The van der Waals surface area contributed by atoms with Gasteiger partial charge in [0.15, 0.2) is 0 Å². The van der Waals surface area contributed by atoms with E-state index < -0.39 is 5.82 Å². The smallest absolute Gasteiger partial charge is 0.142 e. The standard InChI is InChI=1S/C15H13ClFNO2S/c16-13-9-12(4-5-14(13)17)20-7-6-19-11-3-1-2-10(8-11)15(18)21/h1-5,8-9H,6-7H2,(H2,18,21). The molecule has 21 heavy (non-hydrogen) atoms. The number of rotatable bonds is 6. The molecule has 0 aliphatic rings. The fourth-order valence-corrected chi connectivity index (χ4v) is 1.92. The van der Waals surface area contributed by atoms with Crippen LogP contribution in [0.2, 0.25) is 5.02 Å². The molecule has 3 nitrogen and oxygen atoms in total. The van der Waals surface area contributed by atoms with E-state index >= 15 is 0 Å². The van der Waals surface area contributed by atoms with Crippen LogP contribution in [0.1, 0.15) is 5.56 Å². The van der Waals surface area contributed by atoms with Crippen molar-refractivity contribution in [2.75, 3.05) is 13.2 Å². The highest BCUT2D eigenvalue weighted by Crippen LogP contribution is 2.21. The molecule has 0 saturated heterocycles. The second-order valence-corrected chi connectivity index (χ2v) is 5.01. The Labute approximate surface area is 132 Å². The number of halogens is 2. The molecule has 0 aliphatic heterocycles. The van der Waals surface area contributed by atoms with Crippen LogP contribution >= 0.6 is 23.8 Å². The Kier molecular flexibility index (Phi) is 5.36. The summed E-state index contributed by atoms with van der Waals surface area (Å²) in [4.78, 5) is 0.317. The molecule has 0 atom stereocenters. The number of nitrogens with two attached hydrogens (primary N) is 1. The largest absolute Gasteiger partial charge is 0.490 e. The van der Waals surface area contributed by atoms with E-state index in [4.69, 9.17) is 39.0 Å². The SMILES string of the molecule is NC(=S)c1cccc(OCCOc2ccc(F)c(Cl)c2)c1. The minimum Gasteiger partial charge on any atom is -0.490 e. The maximum Gasteiger partial charge on any atom is 0.142 e. The van der Waals surface area contributed by atoms with Crippen LogP contribution in [0, 0.1) is 5.82 Å². The van der Waals surface area contributed by atoms with Crippen LogP contribution in [0.5, 0.6) is 11.5 Å². The topological polar surface area (TPSA) is 44.5 Å². The molecule has 0 radical (unpaired) electrons. The summed E-state index contributed by atoms with van der Waals surface area (Å²) in [5, 5.41) is 0.0255. The molecule has 0 amide bonds. The maximum absolute atomic E-state index is 13.0. The Morgan fingerprint density at radius 1 is 1.10 bits per heavy atom. The van der Waals surface area contributed by atoms with Crippen molar-refractivity contribution in [1.82, 2.24) is 0 Å². The van der Waals surface area contributed by atoms with Crippen molar-refractivity contribution in [1.29, 1.82) is 0 Å². The number of ether oxygens (including phenoxy) is 2. The molecule has 2 N–H and O–H groups in total. The molecule has 110 valence electrons. The molecule has 0 bridgehead atoms. The Bertz CT molecular complexity index is 651. The van der Waals surface area contributed by atoms with E-state index in [9.17, 15) is 4.39 Å². The van der Waals surface area contributed by atoms with Crippen molar-refractivity contribution in [3.8, 4) is 11.5 Å². The van der Waals surface area contributed by atoms with Gasteiger partial charge in [0.05, 0.1) is 5.02 Å². The second kappa shape index (κ2) is 7.24. The molecular weight excluding hydrogens is 313 g/mol. The van der Waals surface area contributed by atoms with Crippen LogP contribution in [0.4, 0.5) is 4.39 Å². The van der Waals surface area contributed by atoms with Gasteiger partial charge in [-0.25, -0.2) is 4.39 Å². The van der Waals surface area contributed by atoms with E-state index in [-0.39, 0.29) is 5.02 Å². The molecule has 0 aliphatic carbocycles. The molecule has 0 fully saturated rings. The summed E-state index contributed by atoms with van der Waals surface area (Å²) in [6.07, 6.45) is 0. The zero-order valence-electron chi connectivity index (χ0n) is 11.0. The van der Waals surface area contributed by atoms with Crippen LogP contribution in [0.15, 0.2) is 42.5 Å². The van der Waals surface area contributed by atoms with Crippen LogP contribution in [0.3, 0.4) is 0 Å². The Balaban J connectivity index is 1.83. The third kappa shape index (κ3) is 4.58. The quantitative estimate of drug-likeness (QED) is 0.651. The first-order chi connectivity index (χ1) is 10.1. The molecular formula is C15H13ClFNO2S. The van der Waals surface area contributed by atoms with Gasteiger partial charge in [0.1, 0.15) is 35.5 Å².